The summed E-state index contributed by atoms with van der Waals surface area (Å²) in [5.41, 5.74) is 11.1. The van der Waals surface area contributed by atoms with Gasteiger partial charge in [0.25, 0.3) is 0 Å². The SMILES string of the molecule is CC.c1ccc2cc3c(cc2c1)c1cccc(-c2cccc4c2oc2ccccc24)c1n3-c1nc(-c2ccc(-c3cccc4ccccc34)cc2)c2ccccc2n1. The maximum absolute atomic E-state index is 6.63. The number of fused-ring (bicyclic) bond motifs is 9. The highest BCUT2D eigenvalue weighted by Crippen LogP contribution is 2.43. The van der Waals surface area contributed by atoms with Crippen molar-refractivity contribution in [3.05, 3.63) is 188 Å². The van der Waals surface area contributed by atoms with E-state index in [1.807, 2.05) is 26.0 Å². The Morgan fingerprint density at radius 1 is 0.414 bits per heavy atom. The van der Waals surface area contributed by atoms with Gasteiger partial charge in [-0.1, -0.05) is 178 Å². The first-order valence-electron chi connectivity index (χ1n) is 20.0. The van der Waals surface area contributed by atoms with Gasteiger partial charge in [0.2, 0.25) is 5.95 Å². The Labute approximate surface area is 335 Å². The van der Waals surface area contributed by atoms with Crippen molar-refractivity contribution in [3.63, 3.8) is 0 Å². The fourth-order valence-corrected chi connectivity index (χ4v) is 8.80. The van der Waals surface area contributed by atoms with Gasteiger partial charge in [-0.15, -0.1) is 0 Å². The molecule has 0 amide bonds. The number of para-hydroxylation sites is 4. The quantitative estimate of drug-likeness (QED) is 0.180. The Morgan fingerprint density at radius 3 is 1.83 bits per heavy atom. The Hall–Kier alpha value is -7.56. The van der Waals surface area contributed by atoms with Gasteiger partial charge in [0, 0.05) is 43.6 Å². The molecule has 0 unspecified atom stereocenters. The van der Waals surface area contributed by atoms with Crippen molar-refractivity contribution in [1.29, 1.82) is 0 Å². The van der Waals surface area contributed by atoms with E-state index in [0.717, 1.165) is 82.4 Å². The second kappa shape index (κ2) is 13.6. The van der Waals surface area contributed by atoms with Crippen molar-refractivity contribution in [3.8, 4) is 39.5 Å². The number of benzene rings is 9. The molecule has 0 atom stereocenters. The third kappa shape index (κ3) is 5.23. The zero-order chi connectivity index (χ0) is 38.7. The molecule has 9 aromatic carbocycles. The third-order valence-electron chi connectivity index (χ3n) is 11.4. The second-order valence-corrected chi connectivity index (χ2v) is 14.5. The monoisotopic (exact) mass is 743 g/mol. The van der Waals surface area contributed by atoms with Crippen LogP contribution in [0.5, 0.6) is 0 Å². The minimum Gasteiger partial charge on any atom is -0.455 e. The summed E-state index contributed by atoms with van der Waals surface area (Å²) in [5, 5.41) is 10.3. The maximum atomic E-state index is 6.63. The Kier molecular flexibility index (Phi) is 7.90. The molecule has 0 spiro atoms. The summed E-state index contributed by atoms with van der Waals surface area (Å²) in [6.45, 7) is 4.00. The van der Waals surface area contributed by atoms with E-state index in [1.165, 1.54) is 27.3 Å². The fourth-order valence-electron chi connectivity index (χ4n) is 8.80. The number of furan rings is 1. The van der Waals surface area contributed by atoms with E-state index in [9.17, 15) is 0 Å². The van der Waals surface area contributed by atoms with Crippen molar-refractivity contribution < 1.29 is 4.42 Å². The van der Waals surface area contributed by atoms with Gasteiger partial charge in [-0.2, -0.15) is 0 Å². The molecule has 0 radical (unpaired) electrons. The van der Waals surface area contributed by atoms with Gasteiger partial charge < -0.3 is 4.42 Å². The van der Waals surface area contributed by atoms with Crippen molar-refractivity contribution in [2.75, 3.05) is 0 Å². The Bertz CT molecular complexity index is 3530. The van der Waals surface area contributed by atoms with E-state index in [-0.39, 0.29) is 0 Å². The van der Waals surface area contributed by atoms with Crippen LogP contribution in [0.1, 0.15) is 13.8 Å². The average molecular weight is 744 g/mol. The zero-order valence-electron chi connectivity index (χ0n) is 32.1. The van der Waals surface area contributed by atoms with Crippen LogP contribution in [-0.4, -0.2) is 14.5 Å². The minimum atomic E-state index is 0.622. The number of rotatable bonds is 4. The highest BCUT2D eigenvalue weighted by molar-refractivity contribution is 6.19. The fraction of sp³-hybridized carbons (Fsp3) is 0.0370. The molecule has 3 heterocycles. The summed E-state index contributed by atoms with van der Waals surface area (Å²) in [7, 11) is 0. The minimum absolute atomic E-state index is 0.622. The standard InChI is InChI=1S/C52H31N3O.C2H6/c1-2-14-36-31-47-45(30-35(36)13-1)41-21-10-20-40(43-23-11-22-42-39-17-6-8-25-48(39)56-51(42)43)50(41)55(47)52-53-46-24-7-5-18-44(46)49(54-52)34-28-26-33(27-29-34)38-19-9-15-32-12-3-4-16-37(32)38;1-2/h1-31H;1-2H3. The van der Waals surface area contributed by atoms with Crippen molar-refractivity contribution in [2.24, 2.45) is 0 Å². The van der Waals surface area contributed by atoms with E-state index in [4.69, 9.17) is 14.4 Å². The topological polar surface area (TPSA) is 43.9 Å². The molecule has 4 nitrogen and oxygen atoms in total. The van der Waals surface area contributed by atoms with Crippen LogP contribution in [0.3, 0.4) is 0 Å². The molecule has 274 valence electrons. The van der Waals surface area contributed by atoms with E-state index >= 15 is 0 Å². The van der Waals surface area contributed by atoms with E-state index in [0.29, 0.717) is 5.95 Å². The highest BCUT2D eigenvalue weighted by atomic mass is 16.3. The van der Waals surface area contributed by atoms with Crippen molar-refractivity contribution in [1.82, 2.24) is 14.5 Å². The van der Waals surface area contributed by atoms with Crippen LogP contribution in [-0.2, 0) is 0 Å². The first-order valence-corrected chi connectivity index (χ1v) is 20.0. The summed E-state index contributed by atoms with van der Waals surface area (Å²) in [4.78, 5) is 10.9. The second-order valence-electron chi connectivity index (χ2n) is 14.5. The van der Waals surface area contributed by atoms with Crippen molar-refractivity contribution in [2.45, 2.75) is 13.8 Å². The lowest BCUT2D eigenvalue weighted by Crippen LogP contribution is -2.04. The molecule has 58 heavy (non-hydrogen) atoms. The Morgan fingerprint density at radius 2 is 1.00 bits per heavy atom. The molecule has 3 aromatic heterocycles. The van der Waals surface area contributed by atoms with Crippen LogP contribution in [0.15, 0.2) is 192 Å². The zero-order valence-corrected chi connectivity index (χ0v) is 32.1. The lowest BCUT2D eigenvalue weighted by Gasteiger charge is -2.14. The van der Waals surface area contributed by atoms with Gasteiger partial charge in [0.05, 0.1) is 22.2 Å². The van der Waals surface area contributed by atoms with Crippen LogP contribution in [0.25, 0.3) is 116 Å². The summed E-state index contributed by atoms with van der Waals surface area (Å²) in [6.07, 6.45) is 0. The normalized spacial score (nSPS) is 11.6. The molecule has 4 heteroatoms. The van der Waals surface area contributed by atoms with Crippen molar-refractivity contribution >= 4 is 76.2 Å². The molecular weight excluding hydrogens is 707 g/mol. The maximum Gasteiger partial charge on any atom is 0.235 e. The van der Waals surface area contributed by atoms with Crippen LogP contribution >= 0.6 is 0 Å². The summed E-state index contributed by atoms with van der Waals surface area (Å²) >= 11 is 0. The van der Waals surface area contributed by atoms with Crippen LogP contribution in [0, 0.1) is 0 Å². The molecule has 0 fully saturated rings. The smallest absolute Gasteiger partial charge is 0.235 e. The molecule has 0 bridgehead atoms. The van der Waals surface area contributed by atoms with Crippen LogP contribution in [0.4, 0.5) is 0 Å². The first kappa shape index (κ1) is 33.8. The van der Waals surface area contributed by atoms with E-state index in [2.05, 4.69) is 180 Å². The molecule has 12 aromatic rings. The summed E-state index contributed by atoms with van der Waals surface area (Å²) < 4.78 is 8.90. The summed E-state index contributed by atoms with van der Waals surface area (Å²) in [5.74, 6) is 0.622. The lowest BCUT2D eigenvalue weighted by molar-refractivity contribution is 0.670. The van der Waals surface area contributed by atoms with Gasteiger partial charge in [0.1, 0.15) is 11.2 Å². The molecule has 0 saturated carbocycles. The lowest BCUT2D eigenvalue weighted by atomic mass is 9.96. The molecule has 12 rings (SSSR count). The first-order chi connectivity index (χ1) is 28.8. The predicted octanol–water partition coefficient (Wildman–Crippen LogP) is 15.0. The number of hydrogen-bond acceptors (Lipinski definition) is 3. The molecular formula is C54H37N3O. The van der Waals surface area contributed by atoms with Gasteiger partial charge in [-0.05, 0) is 56.9 Å². The molecule has 0 aliphatic heterocycles. The van der Waals surface area contributed by atoms with Gasteiger partial charge in [-0.25, -0.2) is 9.97 Å². The van der Waals surface area contributed by atoms with Crippen LogP contribution < -0.4 is 0 Å². The number of nitrogens with zero attached hydrogens (tertiary/aromatic N) is 3. The van der Waals surface area contributed by atoms with Gasteiger partial charge in [0.15, 0.2) is 0 Å². The molecule has 0 N–H and O–H groups in total. The molecule has 0 aliphatic rings. The predicted molar refractivity (Wildman–Crippen MR) is 244 cm³/mol. The Balaban J connectivity index is 0.00000190. The average Bonchev–Trinajstić information content (AvgIpc) is 3.84. The summed E-state index contributed by atoms with van der Waals surface area (Å²) in [6, 6.07) is 66.7. The highest BCUT2D eigenvalue weighted by Gasteiger charge is 2.22. The van der Waals surface area contributed by atoms with Gasteiger partial charge >= 0.3 is 0 Å². The van der Waals surface area contributed by atoms with Crippen LogP contribution in [0.2, 0.25) is 0 Å². The largest absolute Gasteiger partial charge is 0.455 e. The number of aromatic nitrogens is 3. The van der Waals surface area contributed by atoms with E-state index < -0.39 is 0 Å². The van der Waals surface area contributed by atoms with E-state index in [1.54, 1.807) is 0 Å². The van der Waals surface area contributed by atoms with Gasteiger partial charge in [-0.3, -0.25) is 4.57 Å². The third-order valence-corrected chi connectivity index (χ3v) is 11.4. The molecule has 0 saturated heterocycles. The number of hydrogen-bond donors (Lipinski definition) is 0. The molecule has 0 aliphatic carbocycles.